The molecule has 1 saturated heterocycles. The maximum atomic E-state index is 14.2. The minimum atomic E-state index is -0.532. The summed E-state index contributed by atoms with van der Waals surface area (Å²) in [6, 6.07) is 16.1. The Morgan fingerprint density at radius 1 is 1.09 bits per heavy atom. The Kier molecular flexibility index (Phi) is 8.47. The molecule has 3 heterocycles. The van der Waals surface area contributed by atoms with Crippen LogP contribution in [0.2, 0.25) is 10.0 Å². The Balaban J connectivity index is 1.53. The summed E-state index contributed by atoms with van der Waals surface area (Å²) in [5.41, 5.74) is 4.33. The van der Waals surface area contributed by atoms with Crippen molar-refractivity contribution in [3.63, 3.8) is 0 Å². The van der Waals surface area contributed by atoms with Gasteiger partial charge in [-0.2, -0.15) is 5.10 Å². The fraction of sp³-hybridized carbons (Fsp3) is 0.281. The quantitative estimate of drug-likeness (QED) is 0.251. The van der Waals surface area contributed by atoms with E-state index in [1.807, 2.05) is 38.1 Å². The number of nitrogens with one attached hydrogen (secondary N) is 1. The first-order valence-electron chi connectivity index (χ1n) is 14.1. The van der Waals surface area contributed by atoms with Crippen LogP contribution in [0.25, 0.3) is 28.1 Å². The molecule has 0 radical (unpaired) electrons. The summed E-state index contributed by atoms with van der Waals surface area (Å²) in [5, 5.41) is 8.49. The molecule has 4 aromatic rings. The van der Waals surface area contributed by atoms with Gasteiger partial charge in [0, 0.05) is 45.0 Å². The predicted molar refractivity (Wildman–Crippen MR) is 170 cm³/mol. The van der Waals surface area contributed by atoms with Gasteiger partial charge in [-0.1, -0.05) is 35.3 Å². The number of aromatic nitrogens is 2. The van der Waals surface area contributed by atoms with Crippen LogP contribution in [-0.2, 0) is 21.0 Å². The van der Waals surface area contributed by atoms with Gasteiger partial charge in [0.25, 0.3) is 11.8 Å². The van der Waals surface area contributed by atoms with E-state index in [4.69, 9.17) is 48.4 Å². The molecule has 0 bridgehead atoms. The van der Waals surface area contributed by atoms with Crippen molar-refractivity contribution in [3.05, 3.63) is 75.9 Å². The van der Waals surface area contributed by atoms with Crippen LogP contribution in [-0.4, -0.2) is 65.5 Å². The highest BCUT2D eigenvalue weighted by Gasteiger charge is 2.39. The number of fused-ring (bicyclic) bond motifs is 3. The van der Waals surface area contributed by atoms with Crippen molar-refractivity contribution in [3.8, 4) is 39.6 Å². The van der Waals surface area contributed by atoms with E-state index in [9.17, 15) is 9.59 Å². The fourth-order valence-electron chi connectivity index (χ4n) is 5.69. The van der Waals surface area contributed by atoms with Gasteiger partial charge >= 0.3 is 0 Å². The van der Waals surface area contributed by atoms with Crippen molar-refractivity contribution in [2.45, 2.75) is 26.0 Å². The highest BCUT2D eigenvalue weighted by atomic mass is 35.5. The molecule has 0 aliphatic carbocycles. The normalized spacial score (nSPS) is 15.1. The van der Waals surface area contributed by atoms with Gasteiger partial charge in [0.1, 0.15) is 24.7 Å². The number of nitrogens with two attached hydrogens (primary N) is 1. The standard InChI is InChI=1S/C32H31Cl2N5O6/c1-32(2)17-43-8-7-38(32)31(41)29-25-15-44-27-14-26(42-3)23(18-5-4-6-21(9-18)36-28(40)16-45-35)13-24(27)30(25)39(37-29)22-11-19(33)10-20(34)12-22/h4-6,9-14H,7-8,15-17,35H2,1-3H3,(H,36,40). The number of rotatable bonds is 7. The smallest absolute Gasteiger partial charge is 0.275 e. The first kappa shape index (κ1) is 30.9. The van der Waals surface area contributed by atoms with Gasteiger partial charge in [-0.25, -0.2) is 10.6 Å². The highest BCUT2D eigenvalue weighted by molar-refractivity contribution is 6.34. The lowest BCUT2D eigenvalue weighted by atomic mass is 9.95. The zero-order chi connectivity index (χ0) is 31.9. The van der Waals surface area contributed by atoms with Crippen molar-refractivity contribution in [2.24, 2.45) is 5.90 Å². The van der Waals surface area contributed by atoms with E-state index in [1.165, 1.54) is 0 Å². The number of halogens is 2. The molecular formula is C32H31Cl2N5O6. The maximum absolute atomic E-state index is 14.2. The SMILES string of the molecule is COc1cc2c(cc1-c1cccc(NC(=O)CON)c1)-c1c(c(C(=O)N3CCOCC3(C)C)nn1-c1cc(Cl)cc(Cl)c1)CO2. The minimum Gasteiger partial charge on any atom is -0.496 e. The van der Waals surface area contributed by atoms with E-state index in [1.54, 1.807) is 47.0 Å². The third-order valence-corrected chi connectivity index (χ3v) is 8.21. The average molecular weight is 653 g/mol. The second-order valence-corrected chi connectivity index (χ2v) is 12.2. The van der Waals surface area contributed by atoms with Gasteiger partial charge < -0.3 is 24.4 Å². The van der Waals surface area contributed by atoms with E-state index < -0.39 is 11.4 Å². The molecule has 2 amide bonds. The molecule has 45 heavy (non-hydrogen) atoms. The van der Waals surface area contributed by atoms with Crippen molar-refractivity contribution in [1.82, 2.24) is 14.7 Å². The molecule has 13 heteroatoms. The van der Waals surface area contributed by atoms with Gasteiger partial charge in [0.05, 0.1) is 37.2 Å². The second-order valence-electron chi connectivity index (χ2n) is 11.3. The Morgan fingerprint density at radius 2 is 1.87 bits per heavy atom. The van der Waals surface area contributed by atoms with Crippen LogP contribution in [0.3, 0.4) is 0 Å². The number of carbonyl (C=O) groups is 2. The topological polar surface area (TPSA) is 130 Å². The lowest BCUT2D eigenvalue weighted by Crippen LogP contribution is -2.55. The van der Waals surface area contributed by atoms with Crippen molar-refractivity contribution in [2.75, 3.05) is 38.8 Å². The monoisotopic (exact) mass is 651 g/mol. The lowest BCUT2D eigenvalue weighted by Gasteiger charge is -2.41. The van der Waals surface area contributed by atoms with E-state index in [2.05, 4.69) is 10.2 Å². The number of hydrogen-bond donors (Lipinski definition) is 2. The number of hydrogen-bond acceptors (Lipinski definition) is 8. The lowest BCUT2D eigenvalue weighted by molar-refractivity contribution is -0.120. The third-order valence-electron chi connectivity index (χ3n) is 7.77. The van der Waals surface area contributed by atoms with Crippen LogP contribution < -0.4 is 20.7 Å². The number of morpholine rings is 1. The Morgan fingerprint density at radius 3 is 2.58 bits per heavy atom. The molecule has 2 aliphatic rings. The number of nitrogens with zero attached hydrogens (tertiary/aromatic N) is 3. The van der Waals surface area contributed by atoms with Crippen LogP contribution in [0.5, 0.6) is 11.5 Å². The third kappa shape index (κ3) is 5.97. The summed E-state index contributed by atoms with van der Waals surface area (Å²) >= 11 is 12.9. The van der Waals surface area contributed by atoms with Crippen LogP contribution in [0, 0.1) is 0 Å². The number of methoxy groups -OCH3 is 1. The molecule has 6 rings (SSSR count). The summed E-state index contributed by atoms with van der Waals surface area (Å²) in [4.78, 5) is 32.5. The summed E-state index contributed by atoms with van der Waals surface area (Å²) < 4.78 is 19.4. The summed E-state index contributed by atoms with van der Waals surface area (Å²) in [6.07, 6.45) is 0. The summed E-state index contributed by atoms with van der Waals surface area (Å²) in [7, 11) is 1.57. The molecule has 0 saturated carbocycles. The molecular weight excluding hydrogens is 621 g/mol. The maximum Gasteiger partial charge on any atom is 0.275 e. The first-order valence-corrected chi connectivity index (χ1v) is 14.9. The van der Waals surface area contributed by atoms with Gasteiger partial charge in [0.2, 0.25) is 0 Å². The minimum absolute atomic E-state index is 0.107. The largest absolute Gasteiger partial charge is 0.496 e. The average Bonchev–Trinajstić information content (AvgIpc) is 3.40. The molecule has 3 aromatic carbocycles. The first-order chi connectivity index (χ1) is 21.6. The van der Waals surface area contributed by atoms with Gasteiger partial charge in [-0.05, 0) is 55.8 Å². The van der Waals surface area contributed by atoms with Gasteiger partial charge in [0.15, 0.2) is 5.69 Å². The summed E-state index contributed by atoms with van der Waals surface area (Å²) in [5.74, 6) is 5.53. The van der Waals surface area contributed by atoms with Crippen LogP contribution in [0.1, 0.15) is 29.9 Å². The zero-order valence-corrected chi connectivity index (χ0v) is 26.4. The van der Waals surface area contributed by atoms with E-state index in [0.717, 1.165) is 11.1 Å². The van der Waals surface area contributed by atoms with Gasteiger partial charge in [-0.3, -0.25) is 14.4 Å². The summed E-state index contributed by atoms with van der Waals surface area (Å²) in [6.45, 7) is 5.03. The number of benzene rings is 3. The second kappa shape index (κ2) is 12.3. The van der Waals surface area contributed by atoms with Crippen molar-refractivity contribution < 1.29 is 28.6 Å². The zero-order valence-electron chi connectivity index (χ0n) is 24.9. The predicted octanol–water partition coefficient (Wildman–Crippen LogP) is 5.49. The number of carbonyl (C=O) groups excluding carboxylic acids is 2. The Bertz CT molecular complexity index is 1790. The molecule has 0 atom stereocenters. The molecule has 11 nitrogen and oxygen atoms in total. The Hall–Kier alpha value is -4.13. The molecule has 2 aliphatic heterocycles. The molecule has 1 fully saturated rings. The number of ether oxygens (including phenoxy) is 3. The van der Waals surface area contributed by atoms with Crippen molar-refractivity contribution in [1.29, 1.82) is 0 Å². The van der Waals surface area contributed by atoms with Crippen LogP contribution in [0.4, 0.5) is 5.69 Å². The number of anilines is 1. The number of amides is 2. The van der Waals surface area contributed by atoms with E-state index in [-0.39, 0.29) is 24.8 Å². The van der Waals surface area contributed by atoms with E-state index in [0.29, 0.717) is 69.5 Å². The van der Waals surface area contributed by atoms with Crippen molar-refractivity contribution >= 4 is 40.7 Å². The fourth-order valence-corrected chi connectivity index (χ4v) is 6.21. The molecule has 234 valence electrons. The van der Waals surface area contributed by atoms with Crippen LogP contribution in [0.15, 0.2) is 54.6 Å². The molecule has 3 N–H and O–H groups in total. The molecule has 1 aromatic heterocycles. The van der Waals surface area contributed by atoms with E-state index >= 15 is 0 Å². The highest BCUT2D eigenvalue weighted by Crippen LogP contribution is 2.46. The van der Waals surface area contributed by atoms with Crippen LogP contribution >= 0.6 is 23.2 Å². The van der Waals surface area contributed by atoms with Gasteiger partial charge in [-0.15, -0.1) is 0 Å². The Labute approximate surface area is 269 Å². The molecule has 0 unspecified atom stereocenters. The molecule has 0 spiro atoms.